The number of benzene rings is 1. The molecular formula is C17H22ClFN4. The van der Waals surface area contributed by atoms with E-state index in [0.717, 1.165) is 38.2 Å². The Morgan fingerprint density at radius 3 is 2.96 bits per heavy atom. The summed E-state index contributed by atoms with van der Waals surface area (Å²) in [6, 6.07) is 5.46. The van der Waals surface area contributed by atoms with E-state index in [-0.39, 0.29) is 10.8 Å². The van der Waals surface area contributed by atoms with E-state index in [1.807, 2.05) is 18.6 Å². The molecule has 1 aromatic heterocycles. The molecular weight excluding hydrogens is 315 g/mol. The second-order valence-electron chi connectivity index (χ2n) is 6.46. The fourth-order valence-corrected chi connectivity index (χ4v) is 3.23. The predicted molar refractivity (Wildman–Crippen MR) is 90.0 cm³/mol. The highest BCUT2D eigenvalue weighted by Crippen LogP contribution is 2.25. The van der Waals surface area contributed by atoms with Gasteiger partial charge in [0, 0.05) is 31.9 Å². The number of hydrogen-bond donors (Lipinski definition) is 0. The molecule has 0 spiro atoms. The average molecular weight is 337 g/mol. The van der Waals surface area contributed by atoms with Gasteiger partial charge < -0.3 is 9.47 Å². The first-order chi connectivity index (χ1) is 11.0. The summed E-state index contributed by atoms with van der Waals surface area (Å²) in [6.45, 7) is 3.54. The summed E-state index contributed by atoms with van der Waals surface area (Å²) in [5.74, 6) is -0.352. The monoisotopic (exact) mass is 336 g/mol. The van der Waals surface area contributed by atoms with Gasteiger partial charge in [0.25, 0.3) is 0 Å². The zero-order chi connectivity index (χ0) is 16.4. The molecule has 23 heavy (non-hydrogen) atoms. The summed E-state index contributed by atoms with van der Waals surface area (Å²) in [6.07, 6.45) is 4.92. The lowest BCUT2D eigenvalue weighted by atomic mass is 10.1. The van der Waals surface area contributed by atoms with Gasteiger partial charge in [-0.25, -0.2) is 9.37 Å². The van der Waals surface area contributed by atoms with E-state index in [1.54, 1.807) is 6.07 Å². The Bertz CT molecular complexity index is 670. The van der Waals surface area contributed by atoms with E-state index in [2.05, 4.69) is 33.4 Å². The first-order valence-corrected chi connectivity index (χ1v) is 8.22. The predicted octanol–water partition coefficient (Wildman–Crippen LogP) is 3.18. The Labute approximate surface area is 141 Å². The van der Waals surface area contributed by atoms with Crippen LogP contribution in [-0.4, -0.2) is 46.5 Å². The van der Waals surface area contributed by atoms with Gasteiger partial charge in [0.05, 0.1) is 17.0 Å². The molecule has 0 saturated carbocycles. The quantitative estimate of drug-likeness (QED) is 0.838. The maximum Gasteiger partial charge on any atom is 0.142 e. The van der Waals surface area contributed by atoms with Gasteiger partial charge in [0.15, 0.2) is 0 Å². The van der Waals surface area contributed by atoms with Gasteiger partial charge >= 0.3 is 0 Å². The maximum absolute atomic E-state index is 13.6. The number of hydrogen-bond acceptors (Lipinski definition) is 3. The number of halogens is 2. The van der Waals surface area contributed by atoms with E-state index in [4.69, 9.17) is 11.6 Å². The zero-order valence-corrected chi connectivity index (χ0v) is 14.3. The van der Waals surface area contributed by atoms with Crippen LogP contribution in [0.1, 0.15) is 23.7 Å². The molecule has 0 aliphatic carbocycles. The Balaban J connectivity index is 1.72. The van der Waals surface area contributed by atoms with Crippen LogP contribution >= 0.6 is 11.6 Å². The lowest BCUT2D eigenvalue weighted by Crippen LogP contribution is -2.37. The summed E-state index contributed by atoms with van der Waals surface area (Å²) in [5, 5.41) is 0.175. The lowest BCUT2D eigenvalue weighted by Gasteiger charge is -2.35. The fourth-order valence-electron chi connectivity index (χ4n) is 3.12. The second-order valence-corrected chi connectivity index (χ2v) is 6.86. The molecule has 1 aliphatic heterocycles. The van der Waals surface area contributed by atoms with Crippen LogP contribution in [0.3, 0.4) is 0 Å². The Hall–Kier alpha value is -1.43. The SMILES string of the molecule is CN(C)CC[C@H]1CN(Cc2ccc(Cl)c(F)c2)Cc2cncn21. The van der Waals surface area contributed by atoms with Crippen molar-refractivity contribution in [3.05, 3.63) is 52.8 Å². The standard InChI is InChI=1S/C17H22ClFN4/c1-21(2)6-5-14-10-22(11-15-8-20-12-23(14)15)9-13-3-4-16(18)17(19)7-13/h3-4,7-8,12,14H,5-6,9-11H2,1-2H3/t14-/m0/s1. The molecule has 3 rings (SSSR count). The minimum Gasteiger partial charge on any atom is -0.329 e. The minimum atomic E-state index is -0.352. The van der Waals surface area contributed by atoms with Gasteiger partial charge in [-0.15, -0.1) is 0 Å². The van der Waals surface area contributed by atoms with Crippen molar-refractivity contribution >= 4 is 11.6 Å². The Morgan fingerprint density at radius 1 is 1.39 bits per heavy atom. The zero-order valence-electron chi connectivity index (χ0n) is 13.5. The van der Waals surface area contributed by atoms with Crippen LogP contribution in [0.2, 0.25) is 5.02 Å². The number of nitrogens with zero attached hydrogens (tertiary/aromatic N) is 4. The molecule has 0 saturated heterocycles. The summed E-state index contributed by atoms with van der Waals surface area (Å²) in [4.78, 5) is 8.84. The highest BCUT2D eigenvalue weighted by atomic mass is 35.5. The first-order valence-electron chi connectivity index (χ1n) is 7.84. The van der Waals surface area contributed by atoms with E-state index >= 15 is 0 Å². The molecule has 124 valence electrons. The minimum absolute atomic E-state index is 0.175. The Morgan fingerprint density at radius 2 is 2.22 bits per heavy atom. The number of aromatic nitrogens is 2. The largest absolute Gasteiger partial charge is 0.329 e. The van der Waals surface area contributed by atoms with Crippen LogP contribution < -0.4 is 0 Å². The van der Waals surface area contributed by atoms with Crippen molar-refractivity contribution in [3.63, 3.8) is 0 Å². The normalized spacial score (nSPS) is 18.4. The van der Waals surface area contributed by atoms with Gasteiger partial charge in [-0.05, 0) is 44.8 Å². The van der Waals surface area contributed by atoms with Crippen LogP contribution in [0.25, 0.3) is 0 Å². The summed E-state index contributed by atoms with van der Waals surface area (Å²) in [7, 11) is 4.18. The summed E-state index contributed by atoms with van der Waals surface area (Å²) < 4.78 is 15.9. The molecule has 4 nitrogen and oxygen atoms in total. The van der Waals surface area contributed by atoms with Gasteiger partial charge in [0.1, 0.15) is 5.82 Å². The van der Waals surface area contributed by atoms with Crippen molar-refractivity contribution in [1.82, 2.24) is 19.4 Å². The van der Waals surface area contributed by atoms with E-state index in [0.29, 0.717) is 6.04 Å². The van der Waals surface area contributed by atoms with Gasteiger partial charge in [-0.3, -0.25) is 4.90 Å². The molecule has 1 aliphatic rings. The first kappa shape index (κ1) is 16.4. The van der Waals surface area contributed by atoms with Gasteiger partial charge in [-0.1, -0.05) is 17.7 Å². The third-order valence-corrected chi connectivity index (χ3v) is 4.60. The van der Waals surface area contributed by atoms with Crippen molar-refractivity contribution in [1.29, 1.82) is 0 Å². The number of imidazole rings is 1. The second kappa shape index (κ2) is 6.99. The number of fused-ring (bicyclic) bond motifs is 1. The van der Waals surface area contributed by atoms with Crippen LogP contribution in [0.5, 0.6) is 0 Å². The summed E-state index contributed by atoms with van der Waals surface area (Å²) >= 11 is 5.76. The van der Waals surface area contributed by atoms with Gasteiger partial charge in [0.2, 0.25) is 0 Å². The van der Waals surface area contributed by atoms with Crippen molar-refractivity contribution in [2.45, 2.75) is 25.6 Å². The molecule has 0 unspecified atom stereocenters. The summed E-state index contributed by atoms with van der Waals surface area (Å²) in [5.41, 5.74) is 2.17. The molecule has 1 atom stereocenters. The average Bonchev–Trinajstić information content (AvgIpc) is 2.97. The van der Waals surface area contributed by atoms with Crippen LogP contribution in [0.4, 0.5) is 4.39 Å². The molecule has 2 heterocycles. The smallest absolute Gasteiger partial charge is 0.142 e. The molecule has 0 fully saturated rings. The molecule has 1 aromatic carbocycles. The van der Waals surface area contributed by atoms with E-state index in [9.17, 15) is 4.39 Å². The van der Waals surface area contributed by atoms with Crippen molar-refractivity contribution in [2.75, 3.05) is 27.2 Å². The van der Waals surface area contributed by atoms with Crippen LogP contribution in [-0.2, 0) is 13.1 Å². The lowest BCUT2D eigenvalue weighted by molar-refractivity contribution is 0.165. The molecule has 0 N–H and O–H groups in total. The van der Waals surface area contributed by atoms with Crippen molar-refractivity contribution in [3.8, 4) is 0 Å². The van der Waals surface area contributed by atoms with Crippen molar-refractivity contribution in [2.24, 2.45) is 0 Å². The van der Waals surface area contributed by atoms with E-state index < -0.39 is 0 Å². The van der Waals surface area contributed by atoms with Crippen molar-refractivity contribution < 1.29 is 4.39 Å². The van der Waals surface area contributed by atoms with Crippen LogP contribution in [0, 0.1) is 5.82 Å². The van der Waals surface area contributed by atoms with E-state index in [1.165, 1.54) is 11.8 Å². The highest BCUT2D eigenvalue weighted by Gasteiger charge is 2.25. The molecule has 0 bridgehead atoms. The third-order valence-electron chi connectivity index (χ3n) is 4.29. The van der Waals surface area contributed by atoms with Gasteiger partial charge in [-0.2, -0.15) is 0 Å². The fraction of sp³-hybridized carbons (Fsp3) is 0.471. The number of rotatable bonds is 5. The molecule has 0 amide bonds. The third kappa shape index (κ3) is 3.91. The molecule has 6 heteroatoms. The highest BCUT2D eigenvalue weighted by molar-refractivity contribution is 6.30. The molecule has 2 aromatic rings. The maximum atomic E-state index is 13.6. The topological polar surface area (TPSA) is 24.3 Å². The Kier molecular flexibility index (Phi) is 4.99. The molecule has 0 radical (unpaired) electrons. The van der Waals surface area contributed by atoms with Crippen LogP contribution in [0.15, 0.2) is 30.7 Å².